The number of hydroxylamine groups is 1. The molecular weight excluding hydrogens is 422 g/mol. The van der Waals surface area contributed by atoms with Gasteiger partial charge in [-0.25, -0.2) is 8.42 Å². The Morgan fingerprint density at radius 3 is 2.35 bits per heavy atom. The molecule has 10 nitrogen and oxygen atoms in total. The summed E-state index contributed by atoms with van der Waals surface area (Å²) in [6, 6.07) is 8.54. The lowest BCUT2D eigenvalue weighted by atomic mass is 10.0. The molecule has 0 bridgehead atoms. The predicted molar refractivity (Wildman–Crippen MR) is 111 cm³/mol. The summed E-state index contributed by atoms with van der Waals surface area (Å²) >= 11 is 0. The predicted octanol–water partition coefficient (Wildman–Crippen LogP) is 2.44. The Balaban J connectivity index is 1.78. The summed E-state index contributed by atoms with van der Waals surface area (Å²) in [5.74, 6) is 0.237. The van der Waals surface area contributed by atoms with E-state index < -0.39 is 22.0 Å². The highest BCUT2D eigenvalue weighted by atomic mass is 32.2. The number of carbonyl (C=O) groups is 1. The Morgan fingerprint density at radius 2 is 1.77 bits per heavy atom. The van der Waals surface area contributed by atoms with E-state index in [1.807, 2.05) is 13.8 Å². The molecule has 0 saturated heterocycles. The molecule has 1 aromatic carbocycles. The molecule has 0 aliphatic carbocycles. The highest BCUT2D eigenvalue weighted by molar-refractivity contribution is 7.89. The number of amides is 1. The minimum Gasteiger partial charge on any atom is -0.340 e. The van der Waals surface area contributed by atoms with Crippen molar-refractivity contribution in [1.82, 2.24) is 24.9 Å². The molecule has 3 aromatic rings. The molecule has 0 fully saturated rings. The third-order valence-corrected chi connectivity index (χ3v) is 6.30. The van der Waals surface area contributed by atoms with Gasteiger partial charge in [0.25, 0.3) is 15.9 Å². The maximum Gasteiger partial charge on any atom is 0.264 e. The normalized spacial score (nSPS) is 12.8. The molecular formula is C20H23N5O5S. The zero-order chi connectivity index (χ0) is 22.6. The van der Waals surface area contributed by atoms with E-state index in [-0.39, 0.29) is 16.7 Å². The second kappa shape index (κ2) is 9.33. The molecule has 1 unspecified atom stereocenters. The Morgan fingerprint density at radius 1 is 1.13 bits per heavy atom. The van der Waals surface area contributed by atoms with Gasteiger partial charge in [-0.3, -0.25) is 14.6 Å². The van der Waals surface area contributed by atoms with Gasteiger partial charge in [-0.2, -0.15) is 4.98 Å². The molecule has 0 radical (unpaired) electrons. The van der Waals surface area contributed by atoms with Crippen LogP contribution in [0.1, 0.15) is 36.1 Å². The molecule has 1 amide bonds. The first-order valence-corrected chi connectivity index (χ1v) is 10.9. The lowest BCUT2D eigenvalue weighted by Crippen LogP contribution is -2.32. The number of aromatic nitrogens is 3. The van der Waals surface area contributed by atoms with Crippen LogP contribution < -0.4 is 5.32 Å². The second-order valence-corrected chi connectivity index (χ2v) is 8.94. The minimum atomic E-state index is -3.79. The molecule has 1 N–H and O–H groups in total. The summed E-state index contributed by atoms with van der Waals surface area (Å²) in [5, 5.41) is 6.86. The molecule has 2 aromatic heterocycles. The summed E-state index contributed by atoms with van der Waals surface area (Å²) < 4.78 is 30.7. The largest absolute Gasteiger partial charge is 0.340 e. The van der Waals surface area contributed by atoms with Crippen molar-refractivity contribution in [3.05, 3.63) is 60.2 Å². The number of carbonyl (C=O) groups excluding carboxylic acids is 1. The van der Waals surface area contributed by atoms with Crippen LogP contribution in [-0.2, 0) is 14.9 Å². The van der Waals surface area contributed by atoms with Gasteiger partial charge in [-0.15, -0.1) is 0 Å². The van der Waals surface area contributed by atoms with Crippen LogP contribution in [0.15, 0.2) is 58.2 Å². The number of hydrogen-bond donors (Lipinski definition) is 1. The Kier molecular flexibility index (Phi) is 6.78. The molecule has 3 rings (SSSR count). The lowest BCUT2D eigenvalue weighted by molar-refractivity contribution is -0.0258. The third-order valence-electron chi connectivity index (χ3n) is 4.61. The molecule has 1 atom stereocenters. The van der Waals surface area contributed by atoms with Gasteiger partial charge in [-0.05, 0) is 42.3 Å². The fourth-order valence-corrected chi connectivity index (χ4v) is 3.72. The van der Waals surface area contributed by atoms with Crippen molar-refractivity contribution in [2.24, 2.45) is 5.92 Å². The van der Waals surface area contributed by atoms with E-state index in [1.54, 1.807) is 24.5 Å². The Bertz CT molecular complexity index is 1130. The lowest BCUT2D eigenvalue weighted by Gasteiger charge is -2.19. The molecule has 0 aliphatic heterocycles. The van der Waals surface area contributed by atoms with Gasteiger partial charge in [0.2, 0.25) is 11.7 Å². The maximum atomic E-state index is 12.8. The van der Waals surface area contributed by atoms with Gasteiger partial charge >= 0.3 is 0 Å². The number of hydrogen-bond acceptors (Lipinski definition) is 8. The topological polar surface area (TPSA) is 128 Å². The van der Waals surface area contributed by atoms with E-state index in [2.05, 4.69) is 20.4 Å². The average molecular weight is 446 g/mol. The molecule has 2 heterocycles. The standard InChI is InChI=1S/C20H23N5O5S/c1-13(2)17(20-23-18(24-30-20)14-9-11-21-12-10-14)22-19(26)15-5-7-16(8-6-15)31(27,28)25(3)29-4/h5-13,17H,1-4H3,(H,22,26). The van der Waals surface area contributed by atoms with Crippen LogP contribution in [0.3, 0.4) is 0 Å². The highest BCUT2D eigenvalue weighted by Crippen LogP contribution is 2.24. The van der Waals surface area contributed by atoms with E-state index >= 15 is 0 Å². The summed E-state index contributed by atoms with van der Waals surface area (Å²) in [6.45, 7) is 3.83. The van der Waals surface area contributed by atoms with Crippen LogP contribution in [0.25, 0.3) is 11.4 Å². The number of benzene rings is 1. The van der Waals surface area contributed by atoms with Crippen molar-refractivity contribution in [2.75, 3.05) is 14.2 Å². The molecule has 0 aliphatic rings. The summed E-state index contributed by atoms with van der Waals surface area (Å²) in [6.07, 6.45) is 3.25. The fourth-order valence-electron chi connectivity index (χ4n) is 2.74. The van der Waals surface area contributed by atoms with Crippen LogP contribution in [0, 0.1) is 5.92 Å². The molecule has 11 heteroatoms. The third kappa shape index (κ3) is 4.95. The average Bonchev–Trinajstić information content (AvgIpc) is 3.27. The van der Waals surface area contributed by atoms with Gasteiger partial charge in [0, 0.05) is 30.6 Å². The van der Waals surface area contributed by atoms with E-state index in [0.29, 0.717) is 11.4 Å². The van der Waals surface area contributed by atoms with Gasteiger partial charge in [0.15, 0.2) is 0 Å². The van der Waals surface area contributed by atoms with Crippen molar-refractivity contribution >= 4 is 15.9 Å². The highest BCUT2D eigenvalue weighted by Gasteiger charge is 2.26. The number of sulfonamides is 1. The van der Waals surface area contributed by atoms with Crippen LogP contribution in [-0.4, -0.2) is 48.1 Å². The van der Waals surface area contributed by atoms with E-state index in [9.17, 15) is 13.2 Å². The van der Waals surface area contributed by atoms with Crippen molar-refractivity contribution < 1.29 is 22.6 Å². The monoisotopic (exact) mass is 445 g/mol. The summed E-state index contributed by atoms with van der Waals surface area (Å²) in [4.78, 5) is 25.9. The number of rotatable bonds is 8. The first kappa shape index (κ1) is 22.5. The van der Waals surface area contributed by atoms with Crippen LogP contribution in [0.2, 0.25) is 0 Å². The summed E-state index contributed by atoms with van der Waals surface area (Å²) in [7, 11) is -1.25. The van der Waals surface area contributed by atoms with Crippen molar-refractivity contribution in [2.45, 2.75) is 24.8 Å². The zero-order valence-electron chi connectivity index (χ0n) is 17.5. The van der Waals surface area contributed by atoms with Crippen LogP contribution >= 0.6 is 0 Å². The van der Waals surface area contributed by atoms with E-state index in [0.717, 1.165) is 10.0 Å². The van der Waals surface area contributed by atoms with Gasteiger partial charge < -0.3 is 9.84 Å². The van der Waals surface area contributed by atoms with Gasteiger partial charge in [0.1, 0.15) is 6.04 Å². The first-order chi connectivity index (χ1) is 14.7. The van der Waals surface area contributed by atoms with Gasteiger partial charge in [-0.1, -0.05) is 23.5 Å². The Labute approximate surface area is 180 Å². The number of nitrogens with one attached hydrogen (secondary N) is 1. The summed E-state index contributed by atoms with van der Waals surface area (Å²) in [5.41, 5.74) is 1.04. The number of nitrogens with zero attached hydrogens (tertiary/aromatic N) is 4. The van der Waals surface area contributed by atoms with Crippen molar-refractivity contribution in [3.63, 3.8) is 0 Å². The molecule has 164 valence electrons. The quantitative estimate of drug-likeness (QED) is 0.524. The van der Waals surface area contributed by atoms with Crippen LogP contribution in [0.4, 0.5) is 0 Å². The minimum absolute atomic E-state index is 0.00713. The molecule has 0 saturated carbocycles. The van der Waals surface area contributed by atoms with Gasteiger partial charge in [0.05, 0.1) is 12.0 Å². The maximum absolute atomic E-state index is 12.8. The zero-order valence-corrected chi connectivity index (χ0v) is 18.3. The fraction of sp³-hybridized carbons (Fsp3) is 0.300. The second-order valence-electron chi connectivity index (χ2n) is 7.01. The van der Waals surface area contributed by atoms with Crippen molar-refractivity contribution in [3.8, 4) is 11.4 Å². The van der Waals surface area contributed by atoms with Crippen molar-refractivity contribution in [1.29, 1.82) is 0 Å². The first-order valence-electron chi connectivity index (χ1n) is 9.42. The smallest absolute Gasteiger partial charge is 0.264 e. The Hall–Kier alpha value is -3.15. The van der Waals surface area contributed by atoms with E-state index in [1.165, 1.54) is 38.4 Å². The van der Waals surface area contributed by atoms with E-state index in [4.69, 9.17) is 9.36 Å². The van der Waals surface area contributed by atoms with Crippen LogP contribution in [0.5, 0.6) is 0 Å². The molecule has 31 heavy (non-hydrogen) atoms. The SMILES string of the molecule is CON(C)S(=O)(=O)c1ccc(C(=O)NC(c2nc(-c3ccncc3)no2)C(C)C)cc1. The number of pyridine rings is 1. The molecule has 0 spiro atoms.